The Bertz CT molecular complexity index is 764. The van der Waals surface area contributed by atoms with E-state index in [1.807, 2.05) is 42.5 Å². The van der Waals surface area contributed by atoms with Gasteiger partial charge in [-0.05, 0) is 35.8 Å². The molecule has 0 saturated heterocycles. The number of nitrogens with zero attached hydrogens (tertiary/aromatic N) is 1. The highest BCUT2D eigenvalue weighted by Crippen LogP contribution is 2.21. The van der Waals surface area contributed by atoms with E-state index in [2.05, 4.69) is 5.32 Å². The highest BCUT2D eigenvalue weighted by molar-refractivity contribution is 6.35. The van der Waals surface area contributed by atoms with Crippen molar-refractivity contribution in [2.75, 3.05) is 6.54 Å². The minimum atomic E-state index is -0.401. The van der Waals surface area contributed by atoms with Crippen LogP contribution < -0.4 is 5.32 Å². The number of nitrogens with one attached hydrogen (secondary N) is 1. The van der Waals surface area contributed by atoms with Gasteiger partial charge in [-0.1, -0.05) is 59.6 Å². The average molecular weight is 345 g/mol. The van der Waals surface area contributed by atoms with Crippen molar-refractivity contribution in [2.45, 2.75) is 6.42 Å². The predicted octanol–water partition coefficient (Wildman–Crippen LogP) is 4.26. The molecule has 5 heteroatoms. The van der Waals surface area contributed by atoms with Crippen LogP contribution in [0.3, 0.4) is 0 Å². The van der Waals surface area contributed by atoms with Gasteiger partial charge in [0.2, 0.25) is 0 Å². The van der Waals surface area contributed by atoms with E-state index in [1.165, 1.54) is 0 Å². The first-order chi connectivity index (χ1) is 11.1. The maximum Gasteiger partial charge on any atom is 0.261 e. The number of carbonyl (C=O) groups is 1. The van der Waals surface area contributed by atoms with Crippen LogP contribution >= 0.6 is 23.2 Å². The molecule has 1 N–H and O–H groups in total. The first-order valence-corrected chi connectivity index (χ1v) is 7.74. The standard InChI is InChI=1S/C18H14Cl2N2O/c19-16-7-6-14(17(20)11-16)8-9-22-18(23)15(12-21)10-13-4-2-1-3-5-13/h1-7,10-11H,8-9H2,(H,22,23)/b15-10+. The summed E-state index contributed by atoms with van der Waals surface area (Å²) in [6, 6.07) is 16.4. The molecule has 1 amide bonds. The first-order valence-electron chi connectivity index (χ1n) is 6.99. The van der Waals surface area contributed by atoms with E-state index < -0.39 is 5.91 Å². The lowest BCUT2D eigenvalue weighted by Gasteiger charge is -2.06. The molecule has 0 spiro atoms. The second-order valence-corrected chi connectivity index (χ2v) is 5.67. The zero-order chi connectivity index (χ0) is 16.7. The van der Waals surface area contributed by atoms with Crippen molar-refractivity contribution >= 4 is 35.2 Å². The Morgan fingerprint density at radius 3 is 2.57 bits per heavy atom. The molecule has 0 aromatic heterocycles. The lowest BCUT2D eigenvalue weighted by Crippen LogP contribution is -2.26. The number of benzene rings is 2. The van der Waals surface area contributed by atoms with Crippen LogP contribution in [0.15, 0.2) is 54.1 Å². The molecule has 3 nitrogen and oxygen atoms in total. The topological polar surface area (TPSA) is 52.9 Å². The van der Waals surface area contributed by atoms with Crippen molar-refractivity contribution < 1.29 is 4.79 Å². The first kappa shape index (κ1) is 17.1. The third kappa shape index (κ3) is 5.14. The van der Waals surface area contributed by atoms with E-state index in [1.54, 1.807) is 18.2 Å². The highest BCUT2D eigenvalue weighted by Gasteiger charge is 2.09. The summed E-state index contributed by atoms with van der Waals surface area (Å²) in [5, 5.41) is 13.0. The summed E-state index contributed by atoms with van der Waals surface area (Å²) in [5.41, 5.74) is 1.76. The second-order valence-electron chi connectivity index (χ2n) is 4.82. The summed E-state index contributed by atoms with van der Waals surface area (Å²) in [6.07, 6.45) is 2.12. The molecule has 2 rings (SSSR count). The Kier molecular flexibility index (Phi) is 6.22. The SMILES string of the molecule is N#C/C(=C\c1ccccc1)C(=O)NCCc1ccc(Cl)cc1Cl. The lowest BCUT2D eigenvalue weighted by molar-refractivity contribution is -0.117. The van der Waals surface area contributed by atoms with Crippen LogP contribution in [-0.2, 0) is 11.2 Å². The van der Waals surface area contributed by atoms with Crippen molar-refractivity contribution in [2.24, 2.45) is 0 Å². The second kappa shape index (κ2) is 8.38. The van der Waals surface area contributed by atoms with Gasteiger partial charge in [0.1, 0.15) is 11.6 Å². The van der Waals surface area contributed by atoms with Crippen LogP contribution in [0.25, 0.3) is 6.08 Å². The monoisotopic (exact) mass is 344 g/mol. The number of amides is 1. The summed E-state index contributed by atoms with van der Waals surface area (Å²) in [7, 11) is 0. The van der Waals surface area contributed by atoms with Crippen LogP contribution in [0.1, 0.15) is 11.1 Å². The minimum Gasteiger partial charge on any atom is -0.351 e. The molecule has 0 radical (unpaired) electrons. The molecule has 2 aromatic rings. The molecule has 2 aromatic carbocycles. The Balaban J connectivity index is 1.96. The highest BCUT2D eigenvalue weighted by atomic mass is 35.5. The Labute approximate surface area is 145 Å². The van der Waals surface area contributed by atoms with E-state index in [4.69, 9.17) is 28.5 Å². The van der Waals surface area contributed by atoms with Crippen LogP contribution in [0.2, 0.25) is 10.0 Å². The van der Waals surface area contributed by atoms with E-state index in [9.17, 15) is 4.79 Å². The molecule has 0 unspecified atom stereocenters. The van der Waals surface area contributed by atoms with Crippen molar-refractivity contribution in [1.82, 2.24) is 5.32 Å². The summed E-state index contributed by atoms with van der Waals surface area (Å²) >= 11 is 11.9. The third-order valence-corrected chi connectivity index (χ3v) is 3.76. The average Bonchev–Trinajstić information content (AvgIpc) is 2.55. The molecular weight excluding hydrogens is 331 g/mol. The third-order valence-electron chi connectivity index (χ3n) is 3.17. The number of halogens is 2. The largest absolute Gasteiger partial charge is 0.351 e. The molecule has 0 bridgehead atoms. The van der Waals surface area contributed by atoms with Gasteiger partial charge in [-0.2, -0.15) is 5.26 Å². The van der Waals surface area contributed by atoms with Gasteiger partial charge in [0.25, 0.3) is 5.91 Å². The Morgan fingerprint density at radius 1 is 1.17 bits per heavy atom. The molecule has 23 heavy (non-hydrogen) atoms. The molecule has 0 fully saturated rings. The van der Waals surface area contributed by atoms with Gasteiger partial charge in [-0.25, -0.2) is 0 Å². The normalized spacial score (nSPS) is 10.9. The Hall–Kier alpha value is -2.28. The zero-order valence-electron chi connectivity index (χ0n) is 12.2. The summed E-state index contributed by atoms with van der Waals surface area (Å²) < 4.78 is 0. The van der Waals surface area contributed by atoms with Crippen LogP contribution in [0.5, 0.6) is 0 Å². The van der Waals surface area contributed by atoms with Crippen LogP contribution in [0.4, 0.5) is 0 Å². The molecule has 0 heterocycles. The van der Waals surface area contributed by atoms with Gasteiger partial charge in [-0.3, -0.25) is 4.79 Å². The lowest BCUT2D eigenvalue weighted by atomic mass is 10.1. The minimum absolute atomic E-state index is 0.0680. The molecular formula is C18H14Cl2N2O. The quantitative estimate of drug-likeness (QED) is 0.650. The fourth-order valence-electron chi connectivity index (χ4n) is 1.99. The van der Waals surface area contributed by atoms with Gasteiger partial charge < -0.3 is 5.32 Å². The molecule has 0 aliphatic carbocycles. The summed E-state index contributed by atoms with van der Waals surface area (Å²) in [6.45, 7) is 0.383. The van der Waals surface area contributed by atoms with E-state index in [0.717, 1.165) is 11.1 Å². The van der Waals surface area contributed by atoms with Crippen LogP contribution in [-0.4, -0.2) is 12.5 Å². The molecule has 0 saturated carbocycles. The van der Waals surface area contributed by atoms with Gasteiger partial charge in [0.05, 0.1) is 0 Å². The van der Waals surface area contributed by atoms with E-state index in [-0.39, 0.29) is 5.57 Å². The summed E-state index contributed by atoms with van der Waals surface area (Å²) in [4.78, 5) is 12.1. The number of hydrogen-bond acceptors (Lipinski definition) is 2. The zero-order valence-corrected chi connectivity index (χ0v) is 13.7. The number of rotatable bonds is 5. The maximum absolute atomic E-state index is 12.1. The van der Waals surface area contributed by atoms with Gasteiger partial charge in [-0.15, -0.1) is 0 Å². The van der Waals surface area contributed by atoms with E-state index in [0.29, 0.717) is 23.0 Å². The van der Waals surface area contributed by atoms with Crippen molar-refractivity contribution in [3.8, 4) is 6.07 Å². The van der Waals surface area contributed by atoms with Crippen molar-refractivity contribution in [3.63, 3.8) is 0 Å². The maximum atomic E-state index is 12.1. The smallest absolute Gasteiger partial charge is 0.261 e. The van der Waals surface area contributed by atoms with Gasteiger partial charge >= 0.3 is 0 Å². The summed E-state index contributed by atoms with van der Waals surface area (Å²) in [5.74, 6) is -0.401. The number of hydrogen-bond donors (Lipinski definition) is 1. The van der Waals surface area contributed by atoms with E-state index >= 15 is 0 Å². The van der Waals surface area contributed by atoms with Gasteiger partial charge in [0, 0.05) is 16.6 Å². The molecule has 0 atom stereocenters. The van der Waals surface area contributed by atoms with Crippen LogP contribution in [0, 0.1) is 11.3 Å². The molecule has 116 valence electrons. The molecule has 0 aliphatic heterocycles. The Morgan fingerprint density at radius 2 is 1.91 bits per heavy atom. The fraction of sp³-hybridized carbons (Fsp3) is 0.111. The predicted molar refractivity (Wildman–Crippen MR) is 93.2 cm³/mol. The number of carbonyl (C=O) groups excluding carboxylic acids is 1. The fourth-order valence-corrected chi connectivity index (χ4v) is 2.50. The number of nitriles is 1. The molecule has 0 aliphatic rings. The van der Waals surface area contributed by atoms with Gasteiger partial charge in [0.15, 0.2) is 0 Å². The van der Waals surface area contributed by atoms with Crippen molar-refractivity contribution in [3.05, 3.63) is 75.3 Å². The van der Waals surface area contributed by atoms with Crippen molar-refractivity contribution in [1.29, 1.82) is 5.26 Å².